The maximum atomic E-state index is 4.27. The van der Waals surface area contributed by atoms with Crippen LogP contribution in [0.2, 0.25) is 68.2 Å². The largest absolute Gasteiger partial charge is 0.447 e. The number of nitrogens with zero attached hydrogens (tertiary/aromatic N) is 30. The van der Waals surface area contributed by atoms with Gasteiger partial charge in [0.2, 0.25) is 34.9 Å². The first-order valence-corrected chi connectivity index (χ1v) is 38.4. The van der Waals surface area contributed by atoms with Crippen molar-refractivity contribution < 1.29 is 102 Å². The molecule has 5 aliphatic rings. The van der Waals surface area contributed by atoms with Gasteiger partial charge in [-0.25, -0.2) is 25.5 Å². The van der Waals surface area contributed by atoms with Gasteiger partial charge in [0, 0.05) is 132 Å². The van der Waals surface area contributed by atoms with Gasteiger partial charge in [-0.15, -0.1) is 0 Å². The van der Waals surface area contributed by atoms with Crippen molar-refractivity contribution in [2.45, 2.75) is 180 Å². The number of anilines is 5. The summed E-state index contributed by atoms with van der Waals surface area (Å²) in [6.07, 6.45) is 20.2. The van der Waals surface area contributed by atoms with Gasteiger partial charge in [-0.2, -0.15) is 0 Å². The van der Waals surface area contributed by atoms with Gasteiger partial charge >= 0.3 is 0 Å². The Kier molecular flexibility index (Phi) is 46.3. The first-order valence-electron chi connectivity index (χ1n) is 33.2. The predicted molar refractivity (Wildman–Crippen MR) is 393 cm³/mol. The SMILES string of the molecule is CB1N(C)[SiH]N(c2ncn[n-]2)B(C)N1C(C)C.CCCCCCN1B(C)N(C)[SiH]N(c2ncn[n-]2)B1C.CCCCCN1B(C)N(C)[SiH]N(c2ncn[n-]2)B1C.CCCCN1B(C)N(C)[SiH]N(c2ncn[n-]2)B1C.CCCN1B(C)N(C)[SiH]N(c2ncn[n-]2)B1C.[Pd].[Pd].[Pd].[Pd].[Pd]. The van der Waals surface area contributed by atoms with Gasteiger partial charge in [-0.1, -0.05) is 148 Å². The van der Waals surface area contributed by atoms with Crippen molar-refractivity contribution >= 4 is 149 Å². The third-order valence-electron chi connectivity index (χ3n) is 18.3. The molecule has 5 aliphatic heterocycles. The molecule has 0 N–H and O–H groups in total. The molecule has 5 fully saturated rings. The minimum absolute atomic E-state index is 0. The molecule has 541 valence electrons. The fourth-order valence-electron chi connectivity index (χ4n) is 12.2. The van der Waals surface area contributed by atoms with E-state index in [2.05, 4.69) is 289 Å². The van der Waals surface area contributed by atoms with E-state index in [4.69, 9.17) is 0 Å². The molecule has 0 aliphatic carbocycles. The molecule has 5 aromatic heterocycles. The van der Waals surface area contributed by atoms with Crippen molar-refractivity contribution in [3.8, 4) is 0 Å². The van der Waals surface area contributed by atoms with Gasteiger partial charge in [0.15, 0.2) is 0 Å². The van der Waals surface area contributed by atoms with Crippen LogP contribution in [0.5, 0.6) is 0 Å². The quantitative estimate of drug-likeness (QED) is 0.0692. The zero-order valence-corrected chi connectivity index (χ0v) is 74.1. The average molecular weight is 1860 g/mol. The molecule has 0 unspecified atom stereocenters. The molecule has 0 saturated carbocycles. The zero-order valence-electron chi connectivity index (χ0n) is 60.5. The fraction of sp³-hybridized carbons (Fsp3) is 0.783. The normalized spacial score (nSPS) is 17.8. The van der Waals surface area contributed by atoms with Crippen molar-refractivity contribution in [3.05, 3.63) is 31.6 Å². The van der Waals surface area contributed by atoms with E-state index < -0.39 is 0 Å². The standard InChI is InChI=1S/C11H24B2N6Si.C10H22B2N6Si.C9H20B2N6Si.2C8H18B2N6Si.5Pd/c1-5-6-7-8-9-18-12(2)17(4)20-19(13(18)3)11-14-10-15-16-11;1-5-6-7-8-17-11(2)16(4)19-18(12(17)3)10-13-9-14-15-10;1-5-6-7-16-10(2)15(4)18-17(11(16)3)9-12-8-13-14-9;1-7(2)15-9(3)14(5)17-16(10(15)4)8-11-6-12-13-8;1-5-6-15-9(2)14(4)17-16(10(15)3)8-11-7-12-13-8;;;;;/h10,20H,5-9H2,1-4H3;9,19H,5-8H2,1-4H3;8,18H,5-7H2,1-4H3;6-7,17H,1-5H3;7,17H,5-6H2,1-4H3;;;;;/q5*-1;;;;;. The summed E-state index contributed by atoms with van der Waals surface area (Å²) >= 11 is 0. The van der Waals surface area contributed by atoms with Gasteiger partial charge in [-0.05, 0) is 93.1 Å². The second-order valence-electron chi connectivity index (χ2n) is 24.7. The maximum absolute atomic E-state index is 4.27. The summed E-state index contributed by atoms with van der Waals surface area (Å²) in [5.74, 6) is 3.80. The minimum atomic E-state index is 0. The molecule has 96 heavy (non-hydrogen) atoms. The average Bonchev–Trinajstić information content (AvgIpc) is 1.37. The summed E-state index contributed by atoms with van der Waals surface area (Å²) in [4.78, 5) is 21.2. The molecule has 0 spiro atoms. The van der Waals surface area contributed by atoms with Gasteiger partial charge in [0.1, 0.15) is 49.2 Å². The molecule has 50 heteroatoms. The molecule has 0 bridgehead atoms. The number of rotatable bonds is 20. The number of unbranched alkanes of at least 4 members (excludes halogenated alkanes) is 6. The van der Waals surface area contributed by atoms with Crippen LogP contribution in [0.25, 0.3) is 0 Å². The summed E-state index contributed by atoms with van der Waals surface area (Å²) in [7, 11) is 11.0. The van der Waals surface area contributed by atoms with Crippen molar-refractivity contribution in [1.29, 1.82) is 0 Å². The van der Waals surface area contributed by atoms with Gasteiger partial charge in [0.25, 0.3) is 34.9 Å². The molecule has 5 radical (unpaired) electrons. The number of hydrogen-bond acceptors (Lipinski definition) is 25. The van der Waals surface area contributed by atoms with Crippen molar-refractivity contribution in [2.75, 3.05) is 83.8 Å². The van der Waals surface area contributed by atoms with E-state index in [9.17, 15) is 0 Å². The Hall–Kier alpha value is -0.655. The van der Waals surface area contributed by atoms with E-state index in [1.165, 1.54) is 89.4 Å². The zero-order chi connectivity index (χ0) is 66.5. The van der Waals surface area contributed by atoms with Crippen LogP contribution in [-0.2, 0) is 102 Å². The minimum Gasteiger partial charge on any atom is -0.447 e. The van der Waals surface area contributed by atoms with E-state index in [1.807, 2.05) is 0 Å². The van der Waals surface area contributed by atoms with E-state index >= 15 is 0 Å². The Bertz CT molecular complexity index is 2700. The molecule has 5 saturated heterocycles. The Labute approximate surface area is 662 Å². The Morgan fingerprint density at radius 2 is 0.552 bits per heavy atom. The van der Waals surface area contributed by atoms with Crippen molar-refractivity contribution in [3.63, 3.8) is 0 Å². The van der Waals surface area contributed by atoms with Gasteiger partial charge in [0.05, 0.1) is 31.6 Å². The van der Waals surface area contributed by atoms with E-state index in [0.29, 0.717) is 75.9 Å². The molecule has 0 aromatic carbocycles. The molecule has 5 aromatic rings. The summed E-state index contributed by atoms with van der Waals surface area (Å²) in [6, 6.07) is 0.493. The third-order valence-corrected chi connectivity index (χ3v) is 26.9. The number of aromatic nitrogens is 15. The molecule has 0 amide bonds. The van der Waals surface area contributed by atoms with Gasteiger partial charge in [-0.3, -0.25) is 25.5 Å². The van der Waals surface area contributed by atoms with E-state index in [-0.39, 0.29) is 151 Å². The molecule has 10 heterocycles. The second-order valence-corrected chi connectivity index (χ2v) is 32.7. The van der Waals surface area contributed by atoms with Crippen LogP contribution < -0.4 is 47.9 Å². The van der Waals surface area contributed by atoms with Crippen LogP contribution in [-0.4, -0.2) is 283 Å². The first-order chi connectivity index (χ1) is 43.6. The smallest absolute Gasteiger partial charge is 0.289 e. The van der Waals surface area contributed by atoms with Gasteiger partial charge < -0.3 is 93.3 Å². The van der Waals surface area contributed by atoms with E-state index in [1.54, 1.807) is 0 Å². The molecular formula is C46H102B10N30Pd5Si5-5. The van der Waals surface area contributed by atoms with E-state index in [0.717, 1.165) is 62.3 Å². The van der Waals surface area contributed by atoms with Crippen LogP contribution in [0.1, 0.15) is 106 Å². The van der Waals surface area contributed by atoms with Crippen molar-refractivity contribution in [2.24, 2.45) is 0 Å². The topological polar surface area (TPSA) is 248 Å². The predicted octanol–water partition coefficient (Wildman–Crippen LogP) is -0.673. The van der Waals surface area contributed by atoms with Crippen molar-refractivity contribution in [1.82, 2.24) is 122 Å². The second kappa shape index (κ2) is 47.7. The molecule has 0 atom stereocenters. The Balaban J connectivity index is 0.000000593. The van der Waals surface area contributed by atoms with Crippen LogP contribution in [0.15, 0.2) is 31.6 Å². The van der Waals surface area contributed by atoms with Crippen LogP contribution >= 0.6 is 0 Å². The van der Waals surface area contributed by atoms with Crippen LogP contribution in [0.4, 0.5) is 29.7 Å². The summed E-state index contributed by atoms with van der Waals surface area (Å²) in [5.41, 5.74) is 0. The number of hydrogen-bond donors (Lipinski definition) is 0. The third kappa shape index (κ3) is 25.6. The molecule has 10 rings (SSSR count). The Morgan fingerprint density at radius 3 is 0.802 bits per heavy atom. The maximum Gasteiger partial charge on any atom is 0.289 e. The first kappa shape index (κ1) is 93.4. The molecular weight excluding hydrogens is 1750 g/mol. The summed E-state index contributed by atoms with van der Waals surface area (Å²) in [5, 5.41) is 39.7. The summed E-state index contributed by atoms with van der Waals surface area (Å²) in [6.45, 7) is 44.6. The van der Waals surface area contributed by atoms with Crippen LogP contribution in [0.3, 0.4) is 0 Å². The molecule has 30 nitrogen and oxygen atoms in total. The Morgan fingerprint density at radius 1 is 0.312 bits per heavy atom. The monoisotopic (exact) mass is 1850 g/mol. The summed E-state index contributed by atoms with van der Waals surface area (Å²) < 4.78 is 35.9. The fourth-order valence-corrected chi connectivity index (χ4v) is 18.9. The van der Waals surface area contributed by atoms with Crippen LogP contribution in [0, 0.1) is 0 Å².